The fraction of sp³-hybridized carbons (Fsp3) is 0.333. The Morgan fingerprint density at radius 2 is 2.07 bits per heavy atom. The summed E-state index contributed by atoms with van der Waals surface area (Å²) in [6.45, 7) is 3.35. The lowest BCUT2D eigenvalue weighted by molar-refractivity contribution is -0.116. The molecule has 0 fully saturated rings. The normalized spacial score (nSPS) is 11.6. The lowest BCUT2D eigenvalue weighted by Crippen LogP contribution is -2.35. The lowest BCUT2D eigenvalue weighted by atomic mass is 10.1. The Kier molecular flexibility index (Phi) is 6.68. The Hall–Kier alpha value is -2.57. The number of nitrogens with zero attached hydrogens (tertiary/aromatic N) is 3. The van der Waals surface area contributed by atoms with Crippen LogP contribution in [0.4, 0.5) is 19.7 Å². The summed E-state index contributed by atoms with van der Waals surface area (Å²) in [5, 5.41) is 16.3. The number of carbonyl (C=O) groups excluding carboxylic acids is 1. The molecular formula is C18H20F2N6O2S2. The zero-order valence-electron chi connectivity index (χ0n) is 16.2. The van der Waals surface area contributed by atoms with Crippen LogP contribution in [0.2, 0.25) is 0 Å². The lowest BCUT2D eigenvalue weighted by Gasteiger charge is -2.24. The second kappa shape index (κ2) is 9.06. The highest BCUT2D eigenvalue weighted by Crippen LogP contribution is 2.34. The molecule has 8 nitrogen and oxygen atoms in total. The van der Waals surface area contributed by atoms with Gasteiger partial charge in [-0.2, -0.15) is 4.98 Å². The van der Waals surface area contributed by atoms with E-state index < -0.39 is 23.1 Å². The fourth-order valence-electron chi connectivity index (χ4n) is 2.35. The summed E-state index contributed by atoms with van der Waals surface area (Å²) >= 11 is 2.35. The van der Waals surface area contributed by atoms with E-state index in [2.05, 4.69) is 25.6 Å². The van der Waals surface area contributed by atoms with Crippen LogP contribution in [0, 0.1) is 11.6 Å². The Balaban J connectivity index is 1.93. The average molecular weight is 455 g/mol. The molecule has 3 rings (SSSR count). The third kappa shape index (κ3) is 5.32. The first-order valence-electron chi connectivity index (χ1n) is 8.84. The van der Waals surface area contributed by atoms with Crippen LogP contribution < -0.4 is 16.4 Å². The molecule has 0 unspecified atom stereocenters. The molecule has 160 valence electrons. The van der Waals surface area contributed by atoms with E-state index in [4.69, 9.17) is 5.73 Å². The molecule has 0 radical (unpaired) electrons. The quantitative estimate of drug-likeness (QED) is 0.287. The summed E-state index contributed by atoms with van der Waals surface area (Å²) in [7, 11) is 0. The van der Waals surface area contributed by atoms with E-state index in [1.807, 2.05) is 0 Å². The molecule has 2 aromatic heterocycles. The van der Waals surface area contributed by atoms with Gasteiger partial charge in [0.1, 0.15) is 4.70 Å². The number of primary amides is 1. The molecule has 30 heavy (non-hydrogen) atoms. The number of anilines is 2. The number of hydrogen-bond acceptors (Lipinski definition) is 9. The van der Waals surface area contributed by atoms with Gasteiger partial charge in [0.05, 0.1) is 18.7 Å². The number of hydrogen-bond donors (Lipinski definition) is 4. The number of thioether (sulfide) groups is 1. The first-order valence-corrected chi connectivity index (χ1v) is 10.6. The van der Waals surface area contributed by atoms with Crippen molar-refractivity contribution in [3.05, 3.63) is 35.4 Å². The van der Waals surface area contributed by atoms with Crippen LogP contribution >= 0.6 is 23.1 Å². The first-order chi connectivity index (χ1) is 14.2. The van der Waals surface area contributed by atoms with Crippen LogP contribution in [0.3, 0.4) is 0 Å². The van der Waals surface area contributed by atoms with Gasteiger partial charge >= 0.3 is 0 Å². The molecule has 12 heteroatoms. The molecule has 1 aromatic carbocycles. The van der Waals surface area contributed by atoms with Gasteiger partial charge in [0.15, 0.2) is 33.4 Å². The van der Waals surface area contributed by atoms with Crippen molar-refractivity contribution in [2.45, 2.75) is 30.3 Å². The van der Waals surface area contributed by atoms with Crippen molar-refractivity contribution in [1.29, 1.82) is 0 Å². The Morgan fingerprint density at radius 3 is 2.77 bits per heavy atom. The number of rotatable bonds is 9. The molecule has 0 saturated heterocycles. The van der Waals surface area contributed by atoms with Gasteiger partial charge in [-0.3, -0.25) is 4.79 Å². The number of aromatic nitrogens is 3. The molecule has 0 saturated carbocycles. The van der Waals surface area contributed by atoms with Gasteiger partial charge in [0, 0.05) is 11.3 Å². The van der Waals surface area contributed by atoms with E-state index in [0.29, 0.717) is 26.5 Å². The minimum absolute atomic E-state index is 0.0847. The number of fused-ring (bicyclic) bond motifs is 1. The van der Waals surface area contributed by atoms with Crippen molar-refractivity contribution in [1.82, 2.24) is 15.0 Å². The van der Waals surface area contributed by atoms with E-state index in [-0.39, 0.29) is 24.5 Å². The molecule has 5 N–H and O–H groups in total. The predicted molar refractivity (Wildman–Crippen MR) is 114 cm³/mol. The van der Waals surface area contributed by atoms with Crippen molar-refractivity contribution in [2.75, 3.05) is 23.8 Å². The van der Waals surface area contributed by atoms with E-state index in [9.17, 15) is 18.7 Å². The summed E-state index contributed by atoms with van der Waals surface area (Å²) in [5.41, 5.74) is 5.03. The summed E-state index contributed by atoms with van der Waals surface area (Å²) in [6, 6.07) is 3.99. The van der Waals surface area contributed by atoms with Crippen LogP contribution in [0.5, 0.6) is 0 Å². The van der Waals surface area contributed by atoms with Gasteiger partial charge in [-0.15, -0.1) is 0 Å². The number of amides is 1. The van der Waals surface area contributed by atoms with Crippen molar-refractivity contribution in [2.24, 2.45) is 5.73 Å². The number of benzene rings is 1. The molecule has 0 atom stereocenters. The Morgan fingerprint density at radius 1 is 1.30 bits per heavy atom. The van der Waals surface area contributed by atoms with E-state index >= 15 is 0 Å². The van der Waals surface area contributed by atoms with Crippen LogP contribution in [-0.4, -0.2) is 44.7 Å². The van der Waals surface area contributed by atoms with Crippen LogP contribution in [0.25, 0.3) is 10.3 Å². The predicted octanol–water partition coefficient (Wildman–Crippen LogP) is 2.74. The number of nitrogens with two attached hydrogens (primary N) is 1. The summed E-state index contributed by atoms with van der Waals surface area (Å²) in [6.07, 6.45) is 0. The summed E-state index contributed by atoms with van der Waals surface area (Å²) < 4.78 is 28.0. The average Bonchev–Trinajstić information content (AvgIpc) is 3.11. The maximum absolute atomic E-state index is 13.9. The van der Waals surface area contributed by atoms with Crippen molar-refractivity contribution >= 4 is 50.3 Å². The summed E-state index contributed by atoms with van der Waals surface area (Å²) in [5.74, 6) is -1.80. The first kappa shape index (κ1) is 22.1. The molecule has 0 bridgehead atoms. The number of aliphatic hydroxyl groups excluding tert-OH is 1. The molecule has 2 heterocycles. The smallest absolute Gasteiger partial charge is 0.236 e. The summed E-state index contributed by atoms with van der Waals surface area (Å²) in [4.78, 5) is 24.2. The standard InChI is InChI=1S/C18H20F2N6O2S2/c1-18(2,8-27)26-15-13-14(23-16(30-13)22-6-11(21)28)24-17(25-15)29-7-9-4-3-5-10(19)12(9)20/h3-5,27H,6-8H2,1-2H3,(H2,21,28)(H2,22,23,24,25,26). The second-order valence-corrected chi connectivity index (χ2v) is 8.96. The molecule has 0 aliphatic rings. The van der Waals surface area contributed by atoms with Crippen molar-refractivity contribution in [3.63, 3.8) is 0 Å². The number of carbonyl (C=O) groups is 1. The maximum atomic E-state index is 13.9. The van der Waals surface area contributed by atoms with Gasteiger partial charge in [-0.25, -0.2) is 18.7 Å². The minimum atomic E-state index is -0.916. The third-order valence-electron chi connectivity index (χ3n) is 3.89. The largest absolute Gasteiger partial charge is 0.394 e. The highest BCUT2D eigenvalue weighted by atomic mass is 32.2. The van der Waals surface area contributed by atoms with E-state index in [0.717, 1.165) is 17.8 Å². The van der Waals surface area contributed by atoms with Gasteiger partial charge in [0.2, 0.25) is 5.91 Å². The SMILES string of the molecule is CC(C)(CO)Nc1nc(SCc2cccc(F)c2F)nc2nc(NCC(N)=O)sc12. The highest BCUT2D eigenvalue weighted by molar-refractivity contribution is 7.98. The fourth-order valence-corrected chi connectivity index (χ4v) is 4.01. The number of thiazole rings is 1. The minimum Gasteiger partial charge on any atom is -0.394 e. The Bertz CT molecular complexity index is 1080. The van der Waals surface area contributed by atoms with Crippen molar-refractivity contribution in [3.8, 4) is 0 Å². The number of nitrogens with one attached hydrogen (secondary N) is 2. The van der Waals surface area contributed by atoms with Crippen LogP contribution in [0.1, 0.15) is 19.4 Å². The van der Waals surface area contributed by atoms with Crippen molar-refractivity contribution < 1.29 is 18.7 Å². The maximum Gasteiger partial charge on any atom is 0.236 e. The Labute approximate surface area is 179 Å². The van der Waals surface area contributed by atoms with Crippen LogP contribution in [-0.2, 0) is 10.5 Å². The molecule has 1 amide bonds. The number of halogens is 2. The second-order valence-electron chi connectivity index (χ2n) is 7.02. The van der Waals surface area contributed by atoms with E-state index in [1.165, 1.54) is 23.5 Å². The van der Waals surface area contributed by atoms with E-state index in [1.54, 1.807) is 13.8 Å². The topological polar surface area (TPSA) is 126 Å². The molecule has 0 aliphatic heterocycles. The molecule has 0 spiro atoms. The van der Waals surface area contributed by atoms with Crippen LogP contribution in [0.15, 0.2) is 23.4 Å². The van der Waals surface area contributed by atoms with Gasteiger partial charge < -0.3 is 21.5 Å². The third-order valence-corrected chi connectivity index (χ3v) is 5.79. The zero-order chi connectivity index (χ0) is 21.9. The van der Waals surface area contributed by atoms with Gasteiger partial charge in [-0.1, -0.05) is 35.2 Å². The highest BCUT2D eigenvalue weighted by Gasteiger charge is 2.21. The van der Waals surface area contributed by atoms with Gasteiger partial charge in [-0.05, 0) is 19.9 Å². The molecule has 3 aromatic rings. The molecule has 0 aliphatic carbocycles. The van der Waals surface area contributed by atoms with Gasteiger partial charge in [0.25, 0.3) is 0 Å². The zero-order valence-corrected chi connectivity index (χ0v) is 17.8. The molecular weight excluding hydrogens is 434 g/mol. The number of aliphatic hydroxyl groups is 1. The monoisotopic (exact) mass is 454 g/mol.